The maximum absolute atomic E-state index is 11.8. The number of benzene rings is 1. The summed E-state index contributed by atoms with van der Waals surface area (Å²) in [7, 11) is 0. The second kappa shape index (κ2) is 13.9. The Hall–Kier alpha value is -1.26. The number of hydrogen-bond acceptors (Lipinski definition) is 4. The minimum absolute atomic E-state index is 0.0964. The molecule has 0 amide bonds. The van der Waals surface area contributed by atoms with Crippen LogP contribution in [0, 0.1) is 0 Å². The molecule has 26 heavy (non-hydrogen) atoms. The lowest BCUT2D eigenvalue weighted by atomic mass is 10.1. The predicted molar refractivity (Wildman–Crippen MR) is 105 cm³/mol. The molecule has 0 atom stereocenters. The molecule has 0 unspecified atom stereocenters. The topological polar surface area (TPSA) is 52.6 Å². The summed E-state index contributed by atoms with van der Waals surface area (Å²) in [5.74, 6) is -0.0974. The zero-order valence-corrected chi connectivity index (χ0v) is 16.9. The van der Waals surface area contributed by atoms with Crippen LogP contribution < -0.4 is 4.74 Å². The third-order valence-electron chi connectivity index (χ3n) is 3.91. The number of unbranched alkanes of at least 4 members (excludes halogenated alkanes) is 6. The lowest BCUT2D eigenvalue weighted by molar-refractivity contribution is -0.144. The minimum Gasteiger partial charge on any atom is -0.466 e. The summed E-state index contributed by atoms with van der Waals surface area (Å²) in [4.78, 5) is 23.3. The summed E-state index contributed by atoms with van der Waals surface area (Å²) in [6.45, 7) is 2.60. The van der Waals surface area contributed by atoms with E-state index in [0.29, 0.717) is 30.2 Å². The Morgan fingerprint density at radius 3 is 2.15 bits per heavy atom. The van der Waals surface area contributed by atoms with Gasteiger partial charge in [-0.1, -0.05) is 68.3 Å². The smallest absolute Gasteiger partial charge is 0.311 e. The van der Waals surface area contributed by atoms with Gasteiger partial charge in [0.05, 0.1) is 11.6 Å². The lowest BCUT2D eigenvalue weighted by Gasteiger charge is -2.07. The second-order valence-electron chi connectivity index (χ2n) is 6.22. The first-order valence-electron chi connectivity index (χ1n) is 9.35. The van der Waals surface area contributed by atoms with Crippen LogP contribution in [-0.4, -0.2) is 18.5 Å². The van der Waals surface area contributed by atoms with E-state index in [0.717, 1.165) is 51.4 Å². The van der Waals surface area contributed by atoms with Gasteiger partial charge in [0.25, 0.3) is 0 Å². The van der Waals surface area contributed by atoms with Gasteiger partial charge in [0, 0.05) is 12.8 Å². The highest BCUT2D eigenvalue weighted by molar-refractivity contribution is 6.43. The zero-order chi connectivity index (χ0) is 19.2. The van der Waals surface area contributed by atoms with E-state index in [9.17, 15) is 9.59 Å². The molecule has 0 heterocycles. The number of esters is 2. The number of halogens is 2. The van der Waals surface area contributed by atoms with Crippen molar-refractivity contribution in [2.24, 2.45) is 0 Å². The normalized spacial score (nSPS) is 10.6. The first-order chi connectivity index (χ1) is 12.5. The van der Waals surface area contributed by atoms with Gasteiger partial charge < -0.3 is 9.47 Å². The van der Waals surface area contributed by atoms with Crippen molar-refractivity contribution in [3.8, 4) is 5.75 Å². The third kappa shape index (κ3) is 10.0. The molecule has 1 aromatic carbocycles. The molecule has 0 fully saturated rings. The van der Waals surface area contributed by atoms with Crippen LogP contribution in [0.5, 0.6) is 5.75 Å². The molecule has 1 rings (SSSR count). The van der Waals surface area contributed by atoms with Crippen LogP contribution >= 0.6 is 23.2 Å². The summed E-state index contributed by atoms with van der Waals surface area (Å²) in [6.07, 6.45) is 8.50. The van der Waals surface area contributed by atoms with E-state index in [1.54, 1.807) is 18.2 Å². The molecule has 0 saturated carbocycles. The zero-order valence-electron chi connectivity index (χ0n) is 15.4. The summed E-state index contributed by atoms with van der Waals surface area (Å²) >= 11 is 11.9. The fourth-order valence-corrected chi connectivity index (χ4v) is 2.72. The predicted octanol–water partition coefficient (Wildman–Crippen LogP) is 6.36. The maximum atomic E-state index is 11.8. The molecule has 0 aliphatic carbocycles. The molecular weight excluding hydrogens is 375 g/mol. The average Bonchev–Trinajstić information content (AvgIpc) is 2.61. The van der Waals surface area contributed by atoms with Gasteiger partial charge in [0.2, 0.25) is 0 Å². The molecule has 0 N–H and O–H groups in total. The highest BCUT2D eigenvalue weighted by atomic mass is 35.5. The Labute approximate surface area is 166 Å². The first kappa shape index (κ1) is 22.8. The van der Waals surface area contributed by atoms with Crippen molar-refractivity contribution >= 4 is 35.1 Å². The van der Waals surface area contributed by atoms with Crippen molar-refractivity contribution in [2.45, 2.75) is 71.1 Å². The lowest BCUT2D eigenvalue weighted by Crippen LogP contribution is -2.07. The molecule has 0 spiro atoms. The maximum Gasteiger partial charge on any atom is 0.311 e. The van der Waals surface area contributed by atoms with Gasteiger partial charge in [0.1, 0.15) is 5.02 Å². The fraction of sp³-hybridized carbons (Fsp3) is 0.600. The van der Waals surface area contributed by atoms with E-state index in [4.69, 9.17) is 32.7 Å². The summed E-state index contributed by atoms with van der Waals surface area (Å²) < 4.78 is 10.3. The van der Waals surface area contributed by atoms with Crippen molar-refractivity contribution in [1.29, 1.82) is 0 Å². The molecule has 1 aromatic rings. The van der Waals surface area contributed by atoms with Gasteiger partial charge in [0.15, 0.2) is 5.75 Å². The Morgan fingerprint density at radius 2 is 1.50 bits per heavy atom. The Kier molecular flexibility index (Phi) is 12.2. The molecule has 146 valence electrons. The molecule has 0 aliphatic heterocycles. The van der Waals surface area contributed by atoms with E-state index in [-0.39, 0.29) is 17.0 Å². The Morgan fingerprint density at radius 1 is 0.885 bits per heavy atom. The van der Waals surface area contributed by atoms with Crippen LogP contribution in [-0.2, 0) is 14.3 Å². The quantitative estimate of drug-likeness (QED) is 0.218. The molecule has 6 heteroatoms. The summed E-state index contributed by atoms with van der Waals surface area (Å²) in [5.41, 5.74) is 0. The van der Waals surface area contributed by atoms with Crippen molar-refractivity contribution < 1.29 is 19.1 Å². The van der Waals surface area contributed by atoms with Crippen LogP contribution in [0.4, 0.5) is 0 Å². The van der Waals surface area contributed by atoms with Gasteiger partial charge in [-0.15, -0.1) is 0 Å². The van der Waals surface area contributed by atoms with Crippen LogP contribution in [0.25, 0.3) is 0 Å². The molecule has 4 nitrogen and oxygen atoms in total. The fourth-order valence-electron chi connectivity index (χ4n) is 2.38. The van der Waals surface area contributed by atoms with Crippen molar-refractivity contribution in [2.75, 3.05) is 6.61 Å². The molecular formula is C20H28Cl2O4. The number of ether oxygens (including phenoxy) is 2. The highest BCUT2D eigenvalue weighted by Gasteiger charge is 2.10. The van der Waals surface area contributed by atoms with E-state index < -0.39 is 0 Å². The number of carbonyl (C=O) groups excluding carboxylic acids is 2. The van der Waals surface area contributed by atoms with Crippen LogP contribution in [0.2, 0.25) is 10.0 Å². The van der Waals surface area contributed by atoms with Gasteiger partial charge in [-0.05, 0) is 31.4 Å². The monoisotopic (exact) mass is 402 g/mol. The molecule has 0 bridgehead atoms. The van der Waals surface area contributed by atoms with Crippen molar-refractivity contribution in [1.82, 2.24) is 0 Å². The number of hydrogen-bond donors (Lipinski definition) is 0. The van der Waals surface area contributed by atoms with Gasteiger partial charge in [-0.25, -0.2) is 0 Å². The van der Waals surface area contributed by atoms with E-state index >= 15 is 0 Å². The summed E-state index contributed by atoms with van der Waals surface area (Å²) in [6, 6.07) is 4.96. The number of carbonyl (C=O) groups is 2. The van der Waals surface area contributed by atoms with Gasteiger partial charge >= 0.3 is 11.9 Å². The van der Waals surface area contributed by atoms with Crippen LogP contribution in [0.1, 0.15) is 71.1 Å². The molecule has 0 aromatic heterocycles. The van der Waals surface area contributed by atoms with Crippen LogP contribution in [0.3, 0.4) is 0 Å². The summed E-state index contributed by atoms with van der Waals surface area (Å²) in [5, 5.41) is 0.627. The highest BCUT2D eigenvalue weighted by Crippen LogP contribution is 2.31. The standard InChI is InChI=1S/C20H28Cl2O4/c1-2-3-15-25-18(23)13-8-6-4-5-7-9-14-19(24)26-17-12-10-11-16(21)20(17)22/h10-12H,2-9,13-15H2,1H3. The Bertz CT molecular complexity index is 561. The molecule has 0 radical (unpaired) electrons. The van der Waals surface area contributed by atoms with Crippen molar-refractivity contribution in [3.05, 3.63) is 28.2 Å². The van der Waals surface area contributed by atoms with Crippen LogP contribution in [0.15, 0.2) is 18.2 Å². The molecule has 0 aliphatic rings. The first-order valence-corrected chi connectivity index (χ1v) is 10.1. The van der Waals surface area contributed by atoms with E-state index in [1.807, 2.05) is 0 Å². The largest absolute Gasteiger partial charge is 0.466 e. The second-order valence-corrected chi connectivity index (χ2v) is 7.01. The average molecular weight is 403 g/mol. The van der Waals surface area contributed by atoms with Crippen molar-refractivity contribution in [3.63, 3.8) is 0 Å². The van der Waals surface area contributed by atoms with Gasteiger partial charge in [-0.2, -0.15) is 0 Å². The third-order valence-corrected chi connectivity index (χ3v) is 4.71. The minimum atomic E-state index is -0.302. The molecule has 0 saturated heterocycles. The SMILES string of the molecule is CCCCOC(=O)CCCCCCCCC(=O)Oc1cccc(Cl)c1Cl. The Balaban J connectivity index is 2.01. The van der Waals surface area contributed by atoms with E-state index in [1.165, 1.54) is 0 Å². The number of rotatable bonds is 13. The van der Waals surface area contributed by atoms with Gasteiger partial charge in [-0.3, -0.25) is 9.59 Å². The van der Waals surface area contributed by atoms with E-state index in [2.05, 4.69) is 6.92 Å².